The molecule has 150 valence electrons. The summed E-state index contributed by atoms with van der Waals surface area (Å²) < 4.78 is 1.13. The zero-order chi connectivity index (χ0) is 18.1. The minimum Gasteiger partial charge on any atom is -1.00 e. The number of quaternary nitrogens is 1. The number of nitrogens with one attached hydrogen (secondary N) is 1. The Hall–Kier alpha value is -0.540. The fourth-order valence-electron chi connectivity index (χ4n) is 3.15. The third-order valence-corrected chi connectivity index (χ3v) is 5.17. The second-order valence-corrected chi connectivity index (χ2v) is 7.41. The molecule has 4 heteroatoms. The summed E-state index contributed by atoms with van der Waals surface area (Å²) >= 11 is 0. The summed E-state index contributed by atoms with van der Waals surface area (Å²) in [5.74, 6) is -0.0598. The maximum absolute atomic E-state index is 11.1. The summed E-state index contributed by atoms with van der Waals surface area (Å²) in [6.45, 7) is 12.4. The summed E-state index contributed by atoms with van der Waals surface area (Å²) in [6.07, 6.45) is 16.4. The first-order chi connectivity index (χ1) is 11.6. The van der Waals surface area contributed by atoms with Gasteiger partial charge in [0.05, 0.1) is 26.7 Å². The molecular formula is C21H43ClN2O. The van der Waals surface area contributed by atoms with E-state index in [0.717, 1.165) is 24.0 Å². The summed E-state index contributed by atoms with van der Waals surface area (Å²) in [5, 5.41) is 2.87. The lowest BCUT2D eigenvalue weighted by Gasteiger charge is -2.33. The second-order valence-electron chi connectivity index (χ2n) is 7.41. The van der Waals surface area contributed by atoms with Gasteiger partial charge in [-0.25, -0.2) is 0 Å². The lowest BCUT2D eigenvalue weighted by molar-refractivity contribution is -0.908. The number of carbonyl (C=O) groups is 1. The van der Waals surface area contributed by atoms with Gasteiger partial charge in [0.1, 0.15) is 0 Å². The molecule has 0 aromatic heterocycles. The molecule has 0 aromatic rings. The second kappa shape index (κ2) is 18.3. The van der Waals surface area contributed by atoms with E-state index >= 15 is 0 Å². The molecule has 0 radical (unpaired) electrons. The molecule has 0 heterocycles. The molecule has 1 amide bonds. The monoisotopic (exact) mass is 374 g/mol. The van der Waals surface area contributed by atoms with Gasteiger partial charge < -0.3 is 22.2 Å². The molecule has 1 atom stereocenters. The van der Waals surface area contributed by atoms with Crippen LogP contribution >= 0.6 is 0 Å². The molecule has 0 bridgehead atoms. The predicted octanol–water partition coefficient (Wildman–Crippen LogP) is 2.07. The van der Waals surface area contributed by atoms with Crippen LogP contribution in [0, 0.1) is 0 Å². The number of unbranched alkanes of at least 4 members (excludes halogenated alkanes) is 9. The van der Waals surface area contributed by atoms with Crippen molar-refractivity contribution in [2.75, 3.05) is 33.2 Å². The van der Waals surface area contributed by atoms with Crippen LogP contribution in [-0.2, 0) is 4.79 Å². The highest BCUT2D eigenvalue weighted by Gasteiger charge is 2.17. The van der Waals surface area contributed by atoms with Gasteiger partial charge in [-0.15, -0.1) is 0 Å². The van der Waals surface area contributed by atoms with Crippen molar-refractivity contribution in [1.82, 2.24) is 5.32 Å². The van der Waals surface area contributed by atoms with Crippen LogP contribution in [0.5, 0.6) is 0 Å². The fraction of sp³-hybridized carbons (Fsp3) is 0.857. The van der Waals surface area contributed by atoms with E-state index in [2.05, 4.69) is 32.8 Å². The van der Waals surface area contributed by atoms with Crippen LogP contribution < -0.4 is 17.7 Å². The van der Waals surface area contributed by atoms with Crippen LogP contribution in [0.1, 0.15) is 84.5 Å². The number of carbonyl (C=O) groups excluding carboxylic acids is 1. The molecule has 0 aliphatic carbocycles. The molecule has 0 rings (SSSR count). The van der Waals surface area contributed by atoms with E-state index in [1.54, 1.807) is 0 Å². The van der Waals surface area contributed by atoms with E-state index in [1.165, 1.54) is 83.4 Å². The highest BCUT2D eigenvalue weighted by molar-refractivity contribution is 5.86. The molecule has 3 nitrogen and oxygen atoms in total. The average molecular weight is 375 g/mol. The van der Waals surface area contributed by atoms with Gasteiger partial charge in [0, 0.05) is 13.0 Å². The number of nitrogens with zero attached hydrogens (tertiary/aromatic N) is 1. The molecule has 1 unspecified atom stereocenters. The zero-order valence-corrected chi connectivity index (χ0v) is 17.9. The van der Waals surface area contributed by atoms with Gasteiger partial charge in [-0.2, -0.15) is 0 Å². The lowest BCUT2D eigenvalue weighted by atomic mass is 10.1. The van der Waals surface area contributed by atoms with Crippen LogP contribution in [0.2, 0.25) is 0 Å². The Morgan fingerprint density at radius 1 is 0.880 bits per heavy atom. The number of amides is 1. The van der Waals surface area contributed by atoms with Crippen molar-refractivity contribution in [2.24, 2.45) is 0 Å². The van der Waals surface area contributed by atoms with E-state index in [4.69, 9.17) is 0 Å². The van der Waals surface area contributed by atoms with Crippen LogP contribution in [0.4, 0.5) is 0 Å². The van der Waals surface area contributed by atoms with Crippen molar-refractivity contribution >= 4 is 5.91 Å². The minimum atomic E-state index is -0.0598. The van der Waals surface area contributed by atoms with Gasteiger partial charge >= 0.3 is 0 Å². The standard InChI is InChI=1S/C21H42N2O.ClH/c1-5-8-9-10-11-12-13-14-15-16-19-23(4,7-3)20-17-18-22-21(24)6-2;/h6H,2,5,7-20H2,1,3-4H3;1H. The van der Waals surface area contributed by atoms with Crippen molar-refractivity contribution in [3.05, 3.63) is 12.7 Å². The molecule has 25 heavy (non-hydrogen) atoms. The van der Waals surface area contributed by atoms with E-state index in [9.17, 15) is 4.79 Å². The highest BCUT2D eigenvalue weighted by Crippen LogP contribution is 2.12. The Balaban J connectivity index is 0. The third kappa shape index (κ3) is 16.7. The van der Waals surface area contributed by atoms with E-state index in [0.29, 0.717) is 0 Å². The van der Waals surface area contributed by atoms with Crippen molar-refractivity contribution in [3.8, 4) is 0 Å². The first kappa shape index (κ1) is 26.7. The lowest BCUT2D eigenvalue weighted by Crippen LogP contribution is -3.00. The number of rotatable bonds is 17. The van der Waals surface area contributed by atoms with Crippen LogP contribution in [0.3, 0.4) is 0 Å². The molecule has 1 N–H and O–H groups in total. The highest BCUT2D eigenvalue weighted by atomic mass is 35.5. The topological polar surface area (TPSA) is 29.1 Å². The molecule has 0 aliphatic rings. The number of hydrogen-bond donors (Lipinski definition) is 1. The van der Waals surface area contributed by atoms with Crippen molar-refractivity contribution in [1.29, 1.82) is 0 Å². The summed E-state index contributed by atoms with van der Waals surface area (Å²) in [5.41, 5.74) is 0. The quantitative estimate of drug-likeness (QED) is 0.236. The number of halogens is 1. The molecule has 0 aromatic carbocycles. The van der Waals surface area contributed by atoms with E-state index < -0.39 is 0 Å². The normalized spacial score (nSPS) is 12.9. The predicted molar refractivity (Wildman–Crippen MR) is 106 cm³/mol. The van der Waals surface area contributed by atoms with Gasteiger partial charge in [0.25, 0.3) is 0 Å². The molecule has 0 fully saturated rings. The maximum atomic E-state index is 11.1. The van der Waals surface area contributed by atoms with Crippen LogP contribution in [0.15, 0.2) is 12.7 Å². The van der Waals surface area contributed by atoms with Gasteiger partial charge in [-0.3, -0.25) is 4.79 Å². The molecule has 0 saturated carbocycles. The zero-order valence-electron chi connectivity index (χ0n) is 17.1. The Morgan fingerprint density at radius 3 is 1.84 bits per heavy atom. The Morgan fingerprint density at radius 2 is 1.36 bits per heavy atom. The molecule has 0 saturated heterocycles. The summed E-state index contributed by atoms with van der Waals surface area (Å²) in [6, 6.07) is 0. The number of hydrogen-bond acceptors (Lipinski definition) is 1. The smallest absolute Gasteiger partial charge is 0.243 e. The third-order valence-electron chi connectivity index (χ3n) is 5.17. The van der Waals surface area contributed by atoms with Crippen molar-refractivity contribution in [3.63, 3.8) is 0 Å². The maximum Gasteiger partial charge on any atom is 0.243 e. The summed E-state index contributed by atoms with van der Waals surface area (Å²) in [4.78, 5) is 11.1. The average Bonchev–Trinajstić information content (AvgIpc) is 2.60. The largest absolute Gasteiger partial charge is 1.00 e. The van der Waals surface area contributed by atoms with E-state index in [-0.39, 0.29) is 18.3 Å². The van der Waals surface area contributed by atoms with Crippen LogP contribution in [-0.4, -0.2) is 43.6 Å². The van der Waals surface area contributed by atoms with Crippen molar-refractivity contribution in [2.45, 2.75) is 84.5 Å². The van der Waals surface area contributed by atoms with E-state index in [1.807, 2.05) is 0 Å². The molecular weight excluding hydrogens is 332 g/mol. The van der Waals surface area contributed by atoms with Crippen molar-refractivity contribution < 1.29 is 21.7 Å². The molecule has 0 spiro atoms. The SMILES string of the molecule is C=CC(=O)NCCC[N+](C)(CC)CCCCCCCCCCCC.[Cl-]. The van der Waals surface area contributed by atoms with Crippen LogP contribution in [0.25, 0.3) is 0 Å². The molecule has 0 aliphatic heterocycles. The van der Waals surface area contributed by atoms with Gasteiger partial charge in [0.15, 0.2) is 0 Å². The first-order valence-corrected chi connectivity index (χ1v) is 10.3. The minimum absolute atomic E-state index is 0. The fourth-order valence-corrected chi connectivity index (χ4v) is 3.15. The van der Waals surface area contributed by atoms with Gasteiger partial charge in [0.2, 0.25) is 5.91 Å². The van der Waals surface area contributed by atoms with Gasteiger partial charge in [-0.1, -0.05) is 64.9 Å². The Kier molecular flexibility index (Phi) is 19.5. The Labute approximate surface area is 163 Å². The Bertz CT molecular complexity index is 323. The first-order valence-electron chi connectivity index (χ1n) is 10.3. The van der Waals surface area contributed by atoms with Gasteiger partial charge in [-0.05, 0) is 25.8 Å². The summed E-state index contributed by atoms with van der Waals surface area (Å²) in [7, 11) is 2.35.